The van der Waals surface area contributed by atoms with Crippen LogP contribution in [0, 0.1) is 0 Å². The Morgan fingerprint density at radius 1 is 1.04 bits per heavy atom. The smallest absolute Gasteiger partial charge is 0.336 e. The van der Waals surface area contributed by atoms with Crippen LogP contribution in [0.5, 0.6) is 11.5 Å². The number of carbonyl (C=O) groups is 1. The summed E-state index contributed by atoms with van der Waals surface area (Å²) in [5.74, 6) is 0.225. The molecule has 0 radical (unpaired) electrons. The van der Waals surface area contributed by atoms with Crippen molar-refractivity contribution in [1.29, 1.82) is 0 Å². The van der Waals surface area contributed by atoms with Crippen molar-refractivity contribution in [2.45, 2.75) is 13.8 Å². The second-order valence-electron chi connectivity index (χ2n) is 5.06. The fourth-order valence-electron chi connectivity index (χ4n) is 2.26. The summed E-state index contributed by atoms with van der Waals surface area (Å²) in [6, 6.07) is 12.1. The standard InChI is InChI=1S/C19H21NO4/c1-3-23-17-10-5-13(12-18(17)24-4-2)11-16(19(21)22)14-6-8-15(20)9-7-14/h5-12H,3-4,20H2,1-2H3,(H,21,22)/b16-11-. The molecule has 2 aromatic rings. The van der Waals surface area contributed by atoms with Gasteiger partial charge in [0.15, 0.2) is 11.5 Å². The molecular formula is C19H21NO4. The highest BCUT2D eigenvalue weighted by molar-refractivity contribution is 6.20. The van der Waals surface area contributed by atoms with Gasteiger partial charge in [0.1, 0.15) is 0 Å². The van der Waals surface area contributed by atoms with Crippen LogP contribution in [-0.2, 0) is 4.79 Å². The lowest BCUT2D eigenvalue weighted by atomic mass is 10.0. The lowest BCUT2D eigenvalue weighted by Crippen LogP contribution is -2.01. The van der Waals surface area contributed by atoms with Crippen LogP contribution in [0.2, 0.25) is 0 Å². The van der Waals surface area contributed by atoms with Crippen molar-refractivity contribution in [3.63, 3.8) is 0 Å². The molecule has 0 aliphatic heterocycles. The molecule has 2 rings (SSSR count). The van der Waals surface area contributed by atoms with E-state index in [0.29, 0.717) is 36.0 Å². The van der Waals surface area contributed by atoms with Crippen molar-refractivity contribution in [3.8, 4) is 11.5 Å². The van der Waals surface area contributed by atoms with Crippen LogP contribution in [0.15, 0.2) is 42.5 Å². The molecule has 0 spiro atoms. The predicted octanol–water partition coefficient (Wildman–Crippen LogP) is 3.69. The summed E-state index contributed by atoms with van der Waals surface area (Å²) in [6.45, 7) is 4.81. The van der Waals surface area contributed by atoms with Crippen molar-refractivity contribution in [2.24, 2.45) is 0 Å². The van der Waals surface area contributed by atoms with E-state index in [1.165, 1.54) is 0 Å². The molecule has 126 valence electrons. The van der Waals surface area contributed by atoms with Crippen molar-refractivity contribution in [2.75, 3.05) is 18.9 Å². The van der Waals surface area contributed by atoms with Gasteiger partial charge in [-0.15, -0.1) is 0 Å². The molecule has 0 saturated carbocycles. The number of ether oxygens (including phenoxy) is 2. The highest BCUT2D eigenvalue weighted by atomic mass is 16.5. The van der Waals surface area contributed by atoms with Crippen LogP contribution in [0.3, 0.4) is 0 Å². The van der Waals surface area contributed by atoms with E-state index in [1.807, 2.05) is 13.8 Å². The molecule has 2 aromatic carbocycles. The summed E-state index contributed by atoms with van der Waals surface area (Å²) in [5, 5.41) is 9.51. The van der Waals surface area contributed by atoms with Gasteiger partial charge in [0.25, 0.3) is 0 Å². The Morgan fingerprint density at radius 2 is 1.67 bits per heavy atom. The van der Waals surface area contributed by atoms with E-state index in [1.54, 1.807) is 48.5 Å². The number of nitrogen functional groups attached to an aromatic ring is 1. The first kappa shape index (κ1) is 17.4. The Labute approximate surface area is 141 Å². The number of carboxylic acid groups (broad SMARTS) is 1. The highest BCUT2D eigenvalue weighted by Gasteiger charge is 2.12. The normalized spacial score (nSPS) is 11.2. The number of anilines is 1. The second kappa shape index (κ2) is 8.06. The first-order chi connectivity index (χ1) is 11.5. The lowest BCUT2D eigenvalue weighted by molar-refractivity contribution is -0.130. The summed E-state index contributed by atoms with van der Waals surface area (Å²) >= 11 is 0. The van der Waals surface area contributed by atoms with Crippen molar-refractivity contribution in [3.05, 3.63) is 53.6 Å². The molecule has 0 unspecified atom stereocenters. The molecule has 0 saturated heterocycles. The van der Waals surface area contributed by atoms with Gasteiger partial charge in [-0.05, 0) is 55.3 Å². The summed E-state index contributed by atoms with van der Waals surface area (Å²) in [6.07, 6.45) is 1.60. The zero-order valence-corrected chi connectivity index (χ0v) is 13.8. The number of carboxylic acids is 1. The number of rotatable bonds is 7. The van der Waals surface area contributed by atoms with Gasteiger partial charge in [0.2, 0.25) is 0 Å². The van der Waals surface area contributed by atoms with Crippen LogP contribution in [0.4, 0.5) is 5.69 Å². The van der Waals surface area contributed by atoms with E-state index in [0.717, 1.165) is 5.56 Å². The number of nitrogens with two attached hydrogens (primary N) is 1. The average Bonchev–Trinajstić information content (AvgIpc) is 2.56. The molecule has 0 atom stereocenters. The quantitative estimate of drug-likeness (QED) is 0.460. The maximum atomic E-state index is 11.6. The van der Waals surface area contributed by atoms with E-state index >= 15 is 0 Å². The molecule has 5 heteroatoms. The van der Waals surface area contributed by atoms with Crippen LogP contribution >= 0.6 is 0 Å². The molecule has 0 aromatic heterocycles. The van der Waals surface area contributed by atoms with Gasteiger partial charge in [-0.3, -0.25) is 0 Å². The molecule has 5 nitrogen and oxygen atoms in total. The van der Waals surface area contributed by atoms with Crippen molar-refractivity contribution >= 4 is 23.3 Å². The number of aliphatic carboxylic acids is 1. The largest absolute Gasteiger partial charge is 0.490 e. The molecule has 0 aliphatic carbocycles. The Kier molecular flexibility index (Phi) is 5.84. The molecule has 0 heterocycles. The first-order valence-corrected chi connectivity index (χ1v) is 7.75. The van der Waals surface area contributed by atoms with E-state index in [2.05, 4.69) is 0 Å². The predicted molar refractivity (Wildman–Crippen MR) is 95.1 cm³/mol. The van der Waals surface area contributed by atoms with Gasteiger partial charge in [-0.1, -0.05) is 18.2 Å². The van der Waals surface area contributed by atoms with Crippen LogP contribution < -0.4 is 15.2 Å². The van der Waals surface area contributed by atoms with Crippen molar-refractivity contribution in [1.82, 2.24) is 0 Å². The van der Waals surface area contributed by atoms with E-state index < -0.39 is 5.97 Å². The van der Waals surface area contributed by atoms with Gasteiger partial charge in [0.05, 0.1) is 18.8 Å². The average molecular weight is 327 g/mol. The summed E-state index contributed by atoms with van der Waals surface area (Å²) in [4.78, 5) is 11.6. The summed E-state index contributed by atoms with van der Waals surface area (Å²) in [7, 11) is 0. The SMILES string of the molecule is CCOc1ccc(/C=C(\C(=O)O)c2ccc(N)cc2)cc1OCC. The Balaban J connectivity index is 2.43. The minimum atomic E-state index is -1.01. The number of hydrogen-bond acceptors (Lipinski definition) is 4. The third-order valence-electron chi connectivity index (χ3n) is 3.33. The zero-order chi connectivity index (χ0) is 17.5. The molecule has 24 heavy (non-hydrogen) atoms. The van der Waals surface area contributed by atoms with Crippen molar-refractivity contribution < 1.29 is 19.4 Å². The van der Waals surface area contributed by atoms with Crippen LogP contribution in [0.25, 0.3) is 11.6 Å². The molecule has 0 bridgehead atoms. The Hall–Kier alpha value is -2.95. The monoisotopic (exact) mass is 327 g/mol. The Morgan fingerprint density at radius 3 is 2.25 bits per heavy atom. The van der Waals surface area contributed by atoms with Gasteiger partial charge in [0, 0.05) is 5.69 Å². The molecule has 0 aliphatic rings. The fraction of sp³-hybridized carbons (Fsp3) is 0.211. The molecule has 0 amide bonds. The van der Waals surface area contributed by atoms with Gasteiger partial charge >= 0.3 is 5.97 Å². The van der Waals surface area contributed by atoms with Crippen LogP contribution in [0.1, 0.15) is 25.0 Å². The van der Waals surface area contributed by atoms with Crippen LogP contribution in [-0.4, -0.2) is 24.3 Å². The van der Waals surface area contributed by atoms with Gasteiger partial charge in [-0.25, -0.2) is 4.79 Å². The fourth-order valence-corrected chi connectivity index (χ4v) is 2.26. The van der Waals surface area contributed by atoms with Gasteiger partial charge < -0.3 is 20.3 Å². The van der Waals surface area contributed by atoms with E-state index in [-0.39, 0.29) is 5.57 Å². The first-order valence-electron chi connectivity index (χ1n) is 7.75. The third kappa shape index (κ3) is 4.29. The Bertz CT molecular complexity index is 736. The highest BCUT2D eigenvalue weighted by Crippen LogP contribution is 2.30. The van der Waals surface area contributed by atoms with E-state index in [4.69, 9.17) is 15.2 Å². The maximum absolute atomic E-state index is 11.6. The third-order valence-corrected chi connectivity index (χ3v) is 3.33. The zero-order valence-electron chi connectivity index (χ0n) is 13.8. The number of hydrogen-bond donors (Lipinski definition) is 2. The van der Waals surface area contributed by atoms with Gasteiger partial charge in [-0.2, -0.15) is 0 Å². The topological polar surface area (TPSA) is 81.8 Å². The number of benzene rings is 2. The second-order valence-corrected chi connectivity index (χ2v) is 5.06. The van der Waals surface area contributed by atoms with E-state index in [9.17, 15) is 9.90 Å². The summed E-state index contributed by atoms with van der Waals surface area (Å²) < 4.78 is 11.1. The molecular weight excluding hydrogens is 306 g/mol. The minimum Gasteiger partial charge on any atom is -0.490 e. The molecule has 0 fully saturated rings. The minimum absolute atomic E-state index is 0.182. The maximum Gasteiger partial charge on any atom is 0.336 e. The lowest BCUT2D eigenvalue weighted by Gasteiger charge is -2.12. The molecule has 3 N–H and O–H groups in total. The summed E-state index contributed by atoms with van der Waals surface area (Å²) in [5.41, 5.74) is 7.73.